The first-order chi connectivity index (χ1) is 7.39. The number of benzene rings is 1. The fraction of sp³-hybridized carbons (Fsp3) is 0.400. The molecule has 0 aromatic heterocycles. The van der Waals surface area contributed by atoms with Gasteiger partial charge in [-0.2, -0.15) is 5.48 Å². The summed E-state index contributed by atoms with van der Waals surface area (Å²) in [4.78, 5) is 0.242. The predicted octanol–water partition coefficient (Wildman–Crippen LogP) is 0.977. The molecule has 90 valence electrons. The van der Waals surface area contributed by atoms with E-state index in [4.69, 9.17) is 5.21 Å². The van der Waals surface area contributed by atoms with Gasteiger partial charge in [-0.15, -0.1) is 0 Å². The summed E-state index contributed by atoms with van der Waals surface area (Å²) in [5.74, 6) is 0. The van der Waals surface area contributed by atoms with Gasteiger partial charge in [-0.25, -0.2) is 12.7 Å². The molecule has 0 fully saturated rings. The Balaban J connectivity index is 3.05. The number of rotatable bonds is 4. The van der Waals surface area contributed by atoms with Crippen molar-refractivity contribution in [3.63, 3.8) is 0 Å². The molecule has 0 saturated carbocycles. The Bertz CT molecular complexity index is 440. The number of nitrogens with one attached hydrogen (secondary N) is 1. The molecule has 0 amide bonds. The molecule has 0 saturated heterocycles. The Hall–Kier alpha value is -0.950. The molecule has 1 unspecified atom stereocenters. The highest BCUT2D eigenvalue weighted by atomic mass is 32.2. The Labute approximate surface area is 95.7 Å². The molecule has 0 aliphatic heterocycles. The van der Waals surface area contributed by atoms with Crippen LogP contribution in [0.5, 0.6) is 0 Å². The van der Waals surface area contributed by atoms with Crippen molar-refractivity contribution in [2.75, 3.05) is 14.1 Å². The van der Waals surface area contributed by atoms with Gasteiger partial charge in [0.2, 0.25) is 10.0 Å². The Morgan fingerprint density at radius 2 is 1.75 bits per heavy atom. The molecular formula is C10H16N2O3S. The summed E-state index contributed by atoms with van der Waals surface area (Å²) in [5.41, 5.74) is 2.92. The van der Waals surface area contributed by atoms with Gasteiger partial charge in [0.05, 0.1) is 10.9 Å². The Morgan fingerprint density at radius 1 is 1.25 bits per heavy atom. The second-order valence-electron chi connectivity index (χ2n) is 3.71. The fourth-order valence-corrected chi connectivity index (χ4v) is 2.12. The zero-order chi connectivity index (χ0) is 12.3. The molecule has 0 heterocycles. The molecule has 0 aliphatic rings. The van der Waals surface area contributed by atoms with Crippen molar-refractivity contribution in [1.29, 1.82) is 0 Å². The lowest BCUT2D eigenvalue weighted by atomic mass is 10.1. The maximum atomic E-state index is 11.7. The first-order valence-electron chi connectivity index (χ1n) is 4.81. The van der Waals surface area contributed by atoms with E-state index in [0.717, 1.165) is 9.87 Å². The summed E-state index contributed by atoms with van der Waals surface area (Å²) in [7, 11) is -0.401. The third kappa shape index (κ3) is 2.59. The van der Waals surface area contributed by atoms with Gasteiger partial charge in [0.25, 0.3) is 0 Å². The minimum atomic E-state index is -3.38. The number of hydrogen-bond donors (Lipinski definition) is 2. The topological polar surface area (TPSA) is 69.6 Å². The van der Waals surface area contributed by atoms with E-state index in [1.165, 1.54) is 26.2 Å². The van der Waals surface area contributed by atoms with Gasteiger partial charge in [0.15, 0.2) is 0 Å². The van der Waals surface area contributed by atoms with Crippen LogP contribution in [0.2, 0.25) is 0 Å². The Kier molecular flexibility index (Phi) is 4.03. The lowest BCUT2D eigenvalue weighted by Gasteiger charge is -2.13. The highest BCUT2D eigenvalue weighted by Crippen LogP contribution is 2.17. The molecule has 1 aromatic carbocycles. The van der Waals surface area contributed by atoms with Crippen molar-refractivity contribution in [3.05, 3.63) is 29.8 Å². The number of sulfonamides is 1. The maximum Gasteiger partial charge on any atom is 0.242 e. The maximum absolute atomic E-state index is 11.7. The number of hydroxylamine groups is 1. The normalized spacial score (nSPS) is 14.1. The quantitative estimate of drug-likeness (QED) is 0.775. The van der Waals surface area contributed by atoms with Crippen LogP contribution in [-0.4, -0.2) is 32.0 Å². The summed E-state index contributed by atoms with van der Waals surface area (Å²) in [6, 6.07) is 6.17. The van der Waals surface area contributed by atoms with Crippen molar-refractivity contribution in [3.8, 4) is 0 Å². The average Bonchev–Trinajstić information content (AvgIpc) is 2.28. The van der Waals surface area contributed by atoms with Gasteiger partial charge in [-0.1, -0.05) is 12.1 Å². The van der Waals surface area contributed by atoms with Gasteiger partial charge in [0, 0.05) is 14.1 Å². The van der Waals surface area contributed by atoms with Crippen molar-refractivity contribution in [2.45, 2.75) is 17.9 Å². The highest BCUT2D eigenvalue weighted by molar-refractivity contribution is 7.89. The van der Waals surface area contributed by atoms with Crippen LogP contribution in [0.25, 0.3) is 0 Å². The molecule has 1 aromatic rings. The standard InChI is InChI=1S/C10H16N2O3S/c1-8(11-13)9-4-6-10(7-5-9)16(14,15)12(2)3/h4-8,11,13H,1-3H3. The molecule has 16 heavy (non-hydrogen) atoms. The summed E-state index contributed by atoms with van der Waals surface area (Å²) in [6.45, 7) is 1.77. The second kappa shape index (κ2) is 4.92. The molecule has 2 N–H and O–H groups in total. The van der Waals surface area contributed by atoms with Crippen LogP contribution in [0, 0.1) is 0 Å². The van der Waals surface area contributed by atoms with E-state index in [2.05, 4.69) is 5.48 Å². The van der Waals surface area contributed by atoms with Crippen molar-refractivity contribution in [2.24, 2.45) is 0 Å². The van der Waals surface area contributed by atoms with Crippen LogP contribution in [0.1, 0.15) is 18.5 Å². The van der Waals surface area contributed by atoms with Crippen LogP contribution >= 0.6 is 0 Å². The van der Waals surface area contributed by atoms with Crippen LogP contribution in [0.4, 0.5) is 0 Å². The third-order valence-electron chi connectivity index (χ3n) is 2.35. The smallest absolute Gasteiger partial charge is 0.242 e. The highest BCUT2D eigenvalue weighted by Gasteiger charge is 2.16. The van der Waals surface area contributed by atoms with E-state index in [-0.39, 0.29) is 10.9 Å². The lowest BCUT2D eigenvalue weighted by molar-refractivity contribution is 0.133. The van der Waals surface area contributed by atoms with E-state index in [1.807, 2.05) is 0 Å². The summed E-state index contributed by atoms with van der Waals surface area (Å²) >= 11 is 0. The molecular weight excluding hydrogens is 228 g/mol. The van der Waals surface area contributed by atoms with Crippen LogP contribution in [0.3, 0.4) is 0 Å². The lowest BCUT2D eigenvalue weighted by Crippen LogP contribution is -2.22. The van der Waals surface area contributed by atoms with Crippen molar-refractivity contribution < 1.29 is 13.6 Å². The average molecular weight is 244 g/mol. The zero-order valence-corrected chi connectivity index (χ0v) is 10.3. The monoisotopic (exact) mass is 244 g/mol. The van der Waals surface area contributed by atoms with Gasteiger partial charge >= 0.3 is 0 Å². The number of nitrogens with zero attached hydrogens (tertiary/aromatic N) is 1. The summed E-state index contributed by atoms with van der Waals surface area (Å²) < 4.78 is 24.6. The molecule has 0 spiro atoms. The first kappa shape index (κ1) is 13.1. The van der Waals surface area contributed by atoms with Crippen LogP contribution in [-0.2, 0) is 10.0 Å². The second-order valence-corrected chi connectivity index (χ2v) is 5.86. The van der Waals surface area contributed by atoms with E-state index >= 15 is 0 Å². The number of hydrogen-bond acceptors (Lipinski definition) is 4. The first-order valence-corrected chi connectivity index (χ1v) is 6.25. The Morgan fingerprint density at radius 3 is 2.12 bits per heavy atom. The van der Waals surface area contributed by atoms with E-state index in [0.29, 0.717) is 0 Å². The predicted molar refractivity (Wildman–Crippen MR) is 60.7 cm³/mol. The van der Waals surface area contributed by atoms with Crippen molar-refractivity contribution in [1.82, 2.24) is 9.79 Å². The van der Waals surface area contributed by atoms with E-state index in [1.54, 1.807) is 19.1 Å². The van der Waals surface area contributed by atoms with Crippen LogP contribution < -0.4 is 5.48 Å². The van der Waals surface area contributed by atoms with E-state index in [9.17, 15) is 8.42 Å². The fourth-order valence-electron chi connectivity index (χ4n) is 1.21. The minimum absolute atomic E-state index is 0.226. The van der Waals surface area contributed by atoms with E-state index < -0.39 is 10.0 Å². The summed E-state index contributed by atoms with van der Waals surface area (Å²) in [6.07, 6.45) is 0. The third-order valence-corrected chi connectivity index (χ3v) is 4.18. The molecule has 6 heteroatoms. The molecule has 1 rings (SSSR count). The van der Waals surface area contributed by atoms with Crippen molar-refractivity contribution >= 4 is 10.0 Å². The minimum Gasteiger partial charge on any atom is -0.316 e. The molecule has 5 nitrogen and oxygen atoms in total. The van der Waals surface area contributed by atoms with Gasteiger partial charge in [0.1, 0.15) is 0 Å². The largest absolute Gasteiger partial charge is 0.316 e. The zero-order valence-electron chi connectivity index (χ0n) is 9.51. The van der Waals surface area contributed by atoms with Gasteiger partial charge in [-0.3, -0.25) is 0 Å². The molecule has 0 aliphatic carbocycles. The molecule has 0 bridgehead atoms. The van der Waals surface area contributed by atoms with Crippen LogP contribution in [0.15, 0.2) is 29.2 Å². The molecule has 0 radical (unpaired) electrons. The SMILES string of the molecule is CC(NO)c1ccc(S(=O)(=O)N(C)C)cc1. The summed E-state index contributed by atoms with van der Waals surface area (Å²) in [5, 5.41) is 8.73. The van der Waals surface area contributed by atoms with Gasteiger partial charge < -0.3 is 5.21 Å². The molecule has 1 atom stereocenters. The van der Waals surface area contributed by atoms with Gasteiger partial charge in [-0.05, 0) is 24.6 Å².